The van der Waals surface area contributed by atoms with Crippen molar-refractivity contribution in [1.82, 2.24) is 9.55 Å². The Balaban J connectivity index is 2.35. The van der Waals surface area contributed by atoms with Crippen LogP contribution in [0.2, 0.25) is 5.02 Å². The highest BCUT2D eigenvalue weighted by Gasteiger charge is 2.09. The molecular formula is C13H7BrClFN2S. The summed E-state index contributed by atoms with van der Waals surface area (Å²) in [4.78, 5) is 3.04. The van der Waals surface area contributed by atoms with Crippen molar-refractivity contribution in [3.63, 3.8) is 0 Å². The van der Waals surface area contributed by atoms with Crippen LogP contribution in [-0.4, -0.2) is 9.55 Å². The number of nitrogens with one attached hydrogen (secondary N) is 1. The maximum Gasteiger partial charge on any atom is 0.182 e. The molecule has 0 aliphatic heterocycles. The number of hydrogen-bond donors (Lipinski definition) is 1. The molecule has 0 unspecified atom stereocenters. The summed E-state index contributed by atoms with van der Waals surface area (Å²) < 4.78 is 16.4. The highest BCUT2D eigenvalue weighted by Crippen LogP contribution is 2.27. The zero-order valence-corrected chi connectivity index (χ0v) is 12.6. The first-order valence-corrected chi connectivity index (χ1v) is 7.00. The Kier molecular flexibility index (Phi) is 3.20. The average Bonchev–Trinajstić information content (AvgIpc) is 2.68. The molecule has 3 aromatic rings. The van der Waals surface area contributed by atoms with Gasteiger partial charge in [0.05, 0.1) is 16.1 Å². The van der Waals surface area contributed by atoms with Gasteiger partial charge in [0, 0.05) is 16.2 Å². The monoisotopic (exact) mass is 356 g/mol. The molecule has 2 aromatic carbocycles. The first-order valence-electron chi connectivity index (χ1n) is 5.42. The van der Waals surface area contributed by atoms with Crippen molar-refractivity contribution in [3.8, 4) is 5.69 Å². The molecule has 1 heterocycles. The number of imidazole rings is 1. The number of fused-ring (bicyclic) bond motifs is 1. The molecule has 0 saturated carbocycles. The minimum Gasteiger partial charge on any atom is -0.330 e. The molecule has 19 heavy (non-hydrogen) atoms. The molecular weight excluding hydrogens is 351 g/mol. The summed E-state index contributed by atoms with van der Waals surface area (Å²) in [5.74, 6) is -0.307. The third-order valence-corrected chi connectivity index (χ3v) is 4.32. The van der Waals surface area contributed by atoms with Gasteiger partial charge in [-0.3, -0.25) is 4.57 Å². The number of aromatic nitrogens is 2. The number of aromatic amines is 1. The molecule has 6 heteroatoms. The molecule has 1 N–H and O–H groups in total. The van der Waals surface area contributed by atoms with Crippen molar-refractivity contribution in [2.75, 3.05) is 0 Å². The van der Waals surface area contributed by atoms with Gasteiger partial charge in [0.25, 0.3) is 0 Å². The van der Waals surface area contributed by atoms with Gasteiger partial charge in [-0.1, -0.05) is 11.6 Å². The predicted octanol–water partition coefficient (Wildman–Crippen LogP) is 5.24. The zero-order chi connectivity index (χ0) is 13.6. The molecule has 0 fully saturated rings. The van der Waals surface area contributed by atoms with E-state index in [4.69, 9.17) is 23.8 Å². The Hall–Kier alpha value is -1.17. The van der Waals surface area contributed by atoms with Crippen LogP contribution >= 0.6 is 39.7 Å². The quantitative estimate of drug-likeness (QED) is 0.590. The normalized spacial score (nSPS) is 11.1. The third-order valence-electron chi connectivity index (χ3n) is 2.81. The van der Waals surface area contributed by atoms with Crippen LogP contribution in [-0.2, 0) is 0 Å². The van der Waals surface area contributed by atoms with Gasteiger partial charge in [-0.25, -0.2) is 4.39 Å². The van der Waals surface area contributed by atoms with Crippen LogP contribution in [0, 0.1) is 10.6 Å². The number of rotatable bonds is 1. The molecule has 0 radical (unpaired) electrons. The number of H-pyrrole nitrogens is 1. The lowest BCUT2D eigenvalue weighted by atomic mass is 10.2. The lowest BCUT2D eigenvalue weighted by molar-refractivity contribution is 0.629. The molecule has 0 saturated heterocycles. The van der Waals surface area contributed by atoms with Crippen LogP contribution < -0.4 is 0 Å². The smallest absolute Gasteiger partial charge is 0.182 e. The van der Waals surface area contributed by atoms with Crippen molar-refractivity contribution in [3.05, 3.63) is 56.5 Å². The molecule has 96 valence electrons. The minimum atomic E-state index is -0.307. The van der Waals surface area contributed by atoms with Crippen LogP contribution in [0.1, 0.15) is 0 Å². The summed E-state index contributed by atoms with van der Waals surface area (Å²) in [6.45, 7) is 0. The van der Waals surface area contributed by atoms with Crippen LogP contribution in [0.25, 0.3) is 16.7 Å². The van der Waals surface area contributed by atoms with E-state index in [9.17, 15) is 4.39 Å². The Morgan fingerprint density at radius 2 is 2.00 bits per heavy atom. The fraction of sp³-hybridized carbons (Fsp3) is 0. The SMILES string of the molecule is Fc1ccc2[nH]c(=S)n(-c3ccc(Br)c(Cl)c3)c2c1. The van der Waals surface area contributed by atoms with E-state index < -0.39 is 0 Å². The molecule has 0 atom stereocenters. The number of nitrogens with zero attached hydrogens (tertiary/aromatic N) is 1. The molecule has 0 bridgehead atoms. The fourth-order valence-corrected chi connectivity index (χ4v) is 2.69. The van der Waals surface area contributed by atoms with Gasteiger partial charge >= 0.3 is 0 Å². The molecule has 3 rings (SSSR count). The summed E-state index contributed by atoms with van der Waals surface area (Å²) in [5, 5.41) is 0.574. The largest absolute Gasteiger partial charge is 0.330 e. The summed E-state index contributed by atoms with van der Waals surface area (Å²) in [5.41, 5.74) is 2.25. The second-order valence-corrected chi connectivity index (χ2v) is 5.67. The van der Waals surface area contributed by atoms with E-state index in [1.807, 2.05) is 12.1 Å². The van der Waals surface area contributed by atoms with Crippen LogP contribution in [0.4, 0.5) is 4.39 Å². The number of hydrogen-bond acceptors (Lipinski definition) is 1. The van der Waals surface area contributed by atoms with E-state index in [-0.39, 0.29) is 5.82 Å². The Bertz CT molecular complexity index is 840. The third kappa shape index (κ3) is 2.22. The first-order chi connectivity index (χ1) is 9.06. The van der Waals surface area contributed by atoms with E-state index >= 15 is 0 Å². The predicted molar refractivity (Wildman–Crippen MR) is 81.1 cm³/mol. The highest BCUT2D eigenvalue weighted by molar-refractivity contribution is 9.10. The number of benzene rings is 2. The van der Waals surface area contributed by atoms with Gasteiger partial charge in [0.15, 0.2) is 4.77 Å². The maximum absolute atomic E-state index is 13.4. The summed E-state index contributed by atoms with van der Waals surface area (Å²) in [6.07, 6.45) is 0. The van der Waals surface area contributed by atoms with Crippen LogP contribution in [0.15, 0.2) is 40.9 Å². The Morgan fingerprint density at radius 1 is 1.21 bits per heavy atom. The van der Waals surface area contributed by atoms with Crippen molar-refractivity contribution in [2.24, 2.45) is 0 Å². The van der Waals surface area contributed by atoms with E-state index in [1.165, 1.54) is 12.1 Å². The molecule has 0 aliphatic rings. The van der Waals surface area contributed by atoms with E-state index in [0.717, 1.165) is 15.7 Å². The van der Waals surface area contributed by atoms with Crippen molar-refractivity contribution < 1.29 is 4.39 Å². The van der Waals surface area contributed by atoms with Gasteiger partial charge in [0.2, 0.25) is 0 Å². The zero-order valence-electron chi connectivity index (χ0n) is 9.45. The first kappa shape index (κ1) is 12.8. The van der Waals surface area contributed by atoms with Gasteiger partial charge in [-0.15, -0.1) is 0 Å². The highest BCUT2D eigenvalue weighted by atomic mass is 79.9. The Labute approximate surface area is 127 Å². The van der Waals surface area contributed by atoms with Crippen molar-refractivity contribution in [2.45, 2.75) is 0 Å². The van der Waals surface area contributed by atoms with Crippen LogP contribution in [0.3, 0.4) is 0 Å². The second kappa shape index (κ2) is 4.74. The molecule has 1 aromatic heterocycles. The second-order valence-electron chi connectivity index (χ2n) is 4.03. The van der Waals surface area contributed by atoms with Crippen molar-refractivity contribution >= 4 is 50.8 Å². The van der Waals surface area contributed by atoms with Gasteiger partial charge in [0.1, 0.15) is 5.82 Å². The fourth-order valence-electron chi connectivity index (χ4n) is 1.96. The molecule has 0 amide bonds. The minimum absolute atomic E-state index is 0.307. The maximum atomic E-state index is 13.4. The summed E-state index contributed by atoms with van der Waals surface area (Å²) in [7, 11) is 0. The van der Waals surface area contributed by atoms with E-state index in [1.54, 1.807) is 16.7 Å². The van der Waals surface area contributed by atoms with Gasteiger partial charge in [-0.05, 0) is 58.5 Å². The lowest BCUT2D eigenvalue weighted by Crippen LogP contribution is -1.94. The lowest BCUT2D eigenvalue weighted by Gasteiger charge is -2.06. The molecule has 0 spiro atoms. The Morgan fingerprint density at radius 3 is 2.74 bits per heavy atom. The summed E-state index contributed by atoms with van der Waals surface area (Å²) in [6, 6.07) is 9.97. The van der Waals surface area contributed by atoms with E-state index in [0.29, 0.717) is 15.3 Å². The van der Waals surface area contributed by atoms with Crippen molar-refractivity contribution in [1.29, 1.82) is 0 Å². The average molecular weight is 358 g/mol. The van der Waals surface area contributed by atoms with E-state index in [2.05, 4.69) is 20.9 Å². The van der Waals surface area contributed by atoms with Gasteiger partial charge in [-0.2, -0.15) is 0 Å². The number of halogens is 3. The van der Waals surface area contributed by atoms with Gasteiger partial charge < -0.3 is 4.98 Å². The standard InChI is InChI=1S/C13H7BrClFN2S/c14-9-3-2-8(6-10(9)15)18-12-5-7(16)1-4-11(12)17-13(18)19/h1-6H,(H,17,19). The molecule has 0 aliphatic carbocycles. The summed E-state index contributed by atoms with van der Waals surface area (Å²) >= 11 is 14.7. The topological polar surface area (TPSA) is 20.7 Å². The van der Waals surface area contributed by atoms with Crippen LogP contribution in [0.5, 0.6) is 0 Å². The molecule has 2 nitrogen and oxygen atoms in total.